The van der Waals surface area contributed by atoms with E-state index in [1.807, 2.05) is 0 Å². The van der Waals surface area contributed by atoms with Gasteiger partial charge < -0.3 is 15.2 Å². The Morgan fingerprint density at radius 2 is 1.71 bits per heavy atom. The average Bonchev–Trinajstić information content (AvgIpc) is 2.45. The molecule has 0 saturated carbocycles. The molecule has 0 saturated heterocycles. The lowest BCUT2D eigenvalue weighted by Crippen LogP contribution is -2.19. The highest BCUT2D eigenvalue weighted by Crippen LogP contribution is 2.21. The molecule has 6 nitrogen and oxygen atoms in total. The maximum absolute atomic E-state index is 11.8. The van der Waals surface area contributed by atoms with Gasteiger partial charge in [0.25, 0.3) is 5.56 Å². The number of methoxy groups -OCH3 is 2. The van der Waals surface area contributed by atoms with Crippen LogP contribution in [-0.4, -0.2) is 25.1 Å². The number of ether oxygens (including phenoxy) is 2. The van der Waals surface area contributed by atoms with Crippen molar-refractivity contribution in [1.82, 2.24) is 4.68 Å². The molecule has 0 atom stereocenters. The number of aromatic nitrogens is 1. The molecule has 0 aliphatic heterocycles. The minimum absolute atomic E-state index is 0.279. The Morgan fingerprint density at radius 3 is 2.24 bits per heavy atom. The predicted molar refractivity (Wildman–Crippen MR) is 82.4 cm³/mol. The Kier molecular flexibility index (Phi) is 4.27. The van der Waals surface area contributed by atoms with Crippen LogP contribution < -0.4 is 20.8 Å². The SMILES string of the molecule is COc1cc(C=Nn2c(N)cc(C)cc2=O)cc(OC)c1. The maximum atomic E-state index is 11.8. The van der Waals surface area contributed by atoms with E-state index in [4.69, 9.17) is 15.2 Å². The zero-order valence-electron chi connectivity index (χ0n) is 12.2. The van der Waals surface area contributed by atoms with Gasteiger partial charge in [-0.2, -0.15) is 9.78 Å². The maximum Gasteiger partial charge on any atom is 0.273 e. The number of nitrogens with two attached hydrogens (primary N) is 1. The molecular formula is C15H17N3O3. The third-order valence-corrected chi connectivity index (χ3v) is 2.88. The lowest BCUT2D eigenvalue weighted by Gasteiger charge is -2.06. The van der Waals surface area contributed by atoms with Crippen molar-refractivity contribution >= 4 is 12.0 Å². The van der Waals surface area contributed by atoms with Crippen LogP contribution in [0.2, 0.25) is 0 Å². The van der Waals surface area contributed by atoms with E-state index in [2.05, 4.69) is 5.10 Å². The topological polar surface area (TPSA) is 78.8 Å². The Hall–Kier alpha value is -2.76. The summed E-state index contributed by atoms with van der Waals surface area (Å²) in [4.78, 5) is 11.8. The van der Waals surface area contributed by atoms with Gasteiger partial charge in [-0.05, 0) is 30.7 Å². The molecule has 2 aromatic rings. The molecule has 2 rings (SSSR count). The van der Waals surface area contributed by atoms with E-state index in [0.29, 0.717) is 11.5 Å². The zero-order chi connectivity index (χ0) is 15.4. The number of nitrogen functional groups attached to an aromatic ring is 1. The molecule has 0 aliphatic carbocycles. The second-order valence-corrected chi connectivity index (χ2v) is 4.50. The molecule has 1 aromatic heterocycles. The minimum Gasteiger partial charge on any atom is -0.497 e. The highest BCUT2D eigenvalue weighted by atomic mass is 16.5. The zero-order valence-corrected chi connectivity index (χ0v) is 12.2. The van der Waals surface area contributed by atoms with Crippen LogP contribution in [0.25, 0.3) is 0 Å². The lowest BCUT2D eigenvalue weighted by molar-refractivity contribution is 0.394. The second-order valence-electron chi connectivity index (χ2n) is 4.50. The fourth-order valence-electron chi connectivity index (χ4n) is 1.87. The number of pyridine rings is 1. The van der Waals surface area contributed by atoms with Gasteiger partial charge in [-0.3, -0.25) is 4.79 Å². The van der Waals surface area contributed by atoms with Crippen molar-refractivity contribution in [3.63, 3.8) is 0 Å². The van der Waals surface area contributed by atoms with Crippen molar-refractivity contribution in [2.75, 3.05) is 20.0 Å². The lowest BCUT2D eigenvalue weighted by atomic mass is 10.2. The number of hydrogen-bond acceptors (Lipinski definition) is 5. The molecule has 1 heterocycles. The second kappa shape index (κ2) is 6.13. The molecule has 1 aromatic carbocycles. The number of nitrogens with zero attached hydrogens (tertiary/aromatic N) is 2. The van der Waals surface area contributed by atoms with E-state index < -0.39 is 0 Å². The van der Waals surface area contributed by atoms with Crippen molar-refractivity contribution in [2.45, 2.75) is 6.92 Å². The van der Waals surface area contributed by atoms with Gasteiger partial charge in [-0.25, -0.2) is 0 Å². The van der Waals surface area contributed by atoms with Crippen molar-refractivity contribution in [3.05, 3.63) is 51.8 Å². The average molecular weight is 287 g/mol. The molecule has 0 amide bonds. The summed E-state index contributed by atoms with van der Waals surface area (Å²) in [5, 5.41) is 4.11. The van der Waals surface area contributed by atoms with E-state index in [-0.39, 0.29) is 11.4 Å². The molecule has 110 valence electrons. The van der Waals surface area contributed by atoms with E-state index in [1.165, 1.54) is 12.3 Å². The molecule has 0 aliphatic rings. The van der Waals surface area contributed by atoms with Gasteiger partial charge in [0, 0.05) is 17.7 Å². The first-order valence-corrected chi connectivity index (χ1v) is 6.30. The first-order valence-electron chi connectivity index (χ1n) is 6.30. The van der Waals surface area contributed by atoms with Crippen molar-refractivity contribution in [1.29, 1.82) is 0 Å². The third kappa shape index (κ3) is 3.42. The first-order chi connectivity index (χ1) is 10.0. The number of benzene rings is 1. The summed E-state index contributed by atoms with van der Waals surface area (Å²) in [6.45, 7) is 1.80. The molecular weight excluding hydrogens is 270 g/mol. The summed E-state index contributed by atoms with van der Waals surface area (Å²) in [6, 6.07) is 8.47. The van der Waals surface area contributed by atoms with Gasteiger partial charge in [0.05, 0.1) is 20.4 Å². The predicted octanol–water partition coefficient (Wildman–Crippen LogP) is 1.64. The Bertz CT molecular complexity index is 713. The van der Waals surface area contributed by atoms with Crippen molar-refractivity contribution < 1.29 is 9.47 Å². The molecule has 6 heteroatoms. The van der Waals surface area contributed by atoms with Crippen LogP contribution in [0.15, 0.2) is 40.2 Å². The van der Waals surface area contributed by atoms with Crippen molar-refractivity contribution in [2.24, 2.45) is 5.10 Å². The molecule has 0 spiro atoms. The van der Waals surface area contributed by atoms with Gasteiger partial charge in [-0.1, -0.05) is 0 Å². The van der Waals surface area contributed by atoms with Crippen LogP contribution in [0.5, 0.6) is 11.5 Å². The summed E-state index contributed by atoms with van der Waals surface area (Å²) in [6.07, 6.45) is 1.53. The highest BCUT2D eigenvalue weighted by molar-refractivity contribution is 5.81. The van der Waals surface area contributed by atoms with Crippen molar-refractivity contribution in [3.8, 4) is 11.5 Å². The van der Waals surface area contributed by atoms with Crippen LogP contribution in [0, 0.1) is 6.92 Å². The van der Waals surface area contributed by atoms with Crippen LogP contribution in [0.1, 0.15) is 11.1 Å². The van der Waals surface area contributed by atoms with Crippen LogP contribution in [0.3, 0.4) is 0 Å². The van der Waals surface area contributed by atoms with Gasteiger partial charge in [0.15, 0.2) is 0 Å². The molecule has 0 bridgehead atoms. The summed E-state index contributed by atoms with van der Waals surface area (Å²) in [7, 11) is 3.14. The van der Waals surface area contributed by atoms with Gasteiger partial charge >= 0.3 is 0 Å². The number of aryl methyl sites for hydroxylation is 1. The first kappa shape index (κ1) is 14.6. The number of rotatable bonds is 4. The quantitative estimate of drug-likeness (QED) is 0.867. The van der Waals surface area contributed by atoms with E-state index in [1.54, 1.807) is 45.4 Å². The Morgan fingerprint density at radius 1 is 1.10 bits per heavy atom. The standard InChI is InChI=1S/C15H17N3O3/c1-10-4-14(16)18(15(19)5-10)17-9-11-6-12(20-2)8-13(7-11)21-3/h4-9H,16H2,1-3H3. The summed E-state index contributed by atoms with van der Waals surface area (Å²) in [5.41, 5.74) is 7.05. The van der Waals surface area contributed by atoms with Crippen LogP contribution in [-0.2, 0) is 0 Å². The monoisotopic (exact) mass is 287 g/mol. The fourth-order valence-corrected chi connectivity index (χ4v) is 1.87. The number of anilines is 1. The van der Waals surface area contributed by atoms with E-state index in [9.17, 15) is 4.79 Å². The summed E-state index contributed by atoms with van der Waals surface area (Å²) >= 11 is 0. The summed E-state index contributed by atoms with van der Waals surface area (Å²) in [5.74, 6) is 1.56. The molecule has 0 fully saturated rings. The smallest absolute Gasteiger partial charge is 0.273 e. The third-order valence-electron chi connectivity index (χ3n) is 2.88. The normalized spacial score (nSPS) is 10.8. The Labute approximate surface area is 122 Å². The molecule has 2 N–H and O–H groups in total. The fraction of sp³-hybridized carbons (Fsp3) is 0.200. The summed E-state index contributed by atoms with van der Waals surface area (Å²) < 4.78 is 11.5. The van der Waals surface area contributed by atoms with Gasteiger partial charge in [-0.15, -0.1) is 0 Å². The molecule has 0 unspecified atom stereocenters. The van der Waals surface area contributed by atoms with Gasteiger partial charge in [0.1, 0.15) is 17.3 Å². The largest absolute Gasteiger partial charge is 0.497 e. The van der Waals surface area contributed by atoms with E-state index >= 15 is 0 Å². The highest BCUT2D eigenvalue weighted by Gasteiger charge is 2.02. The van der Waals surface area contributed by atoms with E-state index in [0.717, 1.165) is 15.8 Å². The molecule has 0 radical (unpaired) electrons. The molecule has 21 heavy (non-hydrogen) atoms. The van der Waals surface area contributed by atoms with Gasteiger partial charge in [0.2, 0.25) is 0 Å². The van der Waals surface area contributed by atoms with Crippen LogP contribution >= 0.6 is 0 Å². The Balaban J connectivity index is 2.40. The number of hydrogen-bond donors (Lipinski definition) is 1. The van der Waals surface area contributed by atoms with Crippen LogP contribution in [0.4, 0.5) is 5.82 Å². The minimum atomic E-state index is -0.279.